The second-order valence-electron chi connectivity index (χ2n) is 7.10. The van der Waals surface area contributed by atoms with Crippen LogP contribution in [0.5, 0.6) is 0 Å². The number of ether oxygens (including phenoxy) is 1. The first-order valence-electron chi connectivity index (χ1n) is 9.59. The molecule has 2 fully saturated rings. The molecule has 1 aliphatic carbocycles. The summed E-state index contributed by atoms with van der Waals surface area (Å²) in [5.41, 5.74) is 1.07. The van der Waals surface area contributed by atoms with Gasteiger partial charge in [0.2, 0.25) is 0 Å². The van der Waals surface area contributed by atoms with Gasteiger partial charge in [-0.25, -0.2) is 4.99 Å². The van der Waals surface area contributed by atoms with Gasteiger partial charge in [-0.15, -0.1) is 24.0 Å². The molecule has 7 nitrogen and oxygen atoms in total. The second-order valence-corrected chi connectivity index (χ2v) is 7.10. The van der Waals surface area contributed by atoms with Gasteiger partial charge in [-0.05, 0) is 31.2 Å². The molecule has 0 aromatic heterocycles. The lowest BCUT2D eigenvalue weighted by Gasteiger charge is -2.29. The lowest BCUT2D eigenvalue weighted by atomic mass is 9.96. The summed E-state index contributed by atoms with van der Waals surface area (Å²) in [7, 11) is 0. The third-order valence-electron chi connectivity index (χ3n) is 5.08. The van der Waals surface area contributed by atoms with Crippen LogP contribution in [0.25, 0.3) is 0 Å². The average Bonchev–Trinajstić information content (AvgIpc) is 2.68. The highest BCUT2D eigenvalue weighted by atomic mass is 127. The molecule has 8 heteroatoms. The van der Waals surface area contributed by atoms with Crippen LogP contribution in [-0.4, -0.2) is 36.2 Å². The highest BCUT2D eigenvalue weighted by Crippen LogP contribution is 2.18. The maximum Gasteiger partial charge on any atom is 0.269 e. The van der Waals surface area contributed by atoms with Crippen molar-refractivity contribution in [3.8, 4) is 0 Å². The molecule has 3 rings (SSSR count). The van der Waals surface area contributed by atoms with E-state index in [0.29, 0.717) is 18.6 Å². The standard InChI is InChI=1S/C19H28N4O3.HI/c24-23(25)18-8-6-15(7-9-18)14-20-19(21-16-4-2-1-3-5-16)22-17-10-12-26-13-11-17;/h6-9,16-17H,1-5,10-14H2,(H2,20,21,22);1H. The fourth-order valence-electron chi connectivity index (χ4n) is 3.50. The first-order valence-corrected chi connectivity index (χ1v) is 9.59. The number of guanidine groups is 1. The van der Waals surface area contributed by atoms with Crippen LogP contribution in [0.2, 0.25) is 0 Å². The Balaban J connectivity index is 0.00000261. The normalized spacial score (nSPS) is 19.2. The Morgan fingerprint density at radius 1 is 1.04 bits per heavy atom. The molecule has 1 aliphatic heterocycles. The van der Waals surface area contributed by atoms with Crippen LogP contribution in [0, 0.1) is 10.1 Å². The first kappa shape index (κ1) is 21.9. The minimum atomic E-state index is -0.379. The maximum absolute atomic E-state index is 10.8. The summed E-state index contributed by atoms with van der Waals surface area (Å²) < 4.78 is 5.44. The van der Waals surface area contributed by atoms with Crippen molar-refractivity contribution < 1.29 is 9.66 Å². The van der Waals surface area contributed by atoms with Crippen LogP contribution in [0.1, 0.15) is 50.5 Å². The molecule has 1 aromatic carbocycles. The number of nitro benzene ring substituents is 1. The van der Waals surface area contributed by atoms with Crippen LogP contribution in [-0.2, 0) is 11.3 Å². The number of non-ortho nitro benzene ring substituents is 1. The predicted octanol–water partition coefficient (Wildman–Crippen LogP) is 3.76. The van der Waals surface area contributed by atoms with Gasteiger partial charge < -0.3 is 15.4 Å². The Morgan fingerprint density at radius 3 is 2.22 bits per heavy atom. The van der Waals surface area contributed by atoms with Crippen molar-refractivity contribution in [1.29, 1.82) is 0 Å². The molecule has 0 unspecified atom stereocenters. The number of nitrogens with one attached hydrogen (secondary N) is 2. The molecule has 27 heavy (non-hydrogen) atoms. The van der Waals surface area contributed by atoms with Gasteiger partial charge >= 0.3 is 0 Å². The van der Waals surface area contributed by atoms with E-state index in [1.54, 1.807) is 12.1 Å². The SMILES string of the molecule is I.O=[N+]([O-])c1ccc(CN=C(NC2CCCCC2)NC2CCOCC2)cc1. The molecule has 1 aromatic rings. The van der Waals surface area contributed by atoms with Gasteiger partial charge in [-0.2, -0.15) is 0 Å². The van der Waals surface area contributed by atoms with E-state index in [9.17, 15) is 10.1 Å². The van der Waals surface area contributed by atoms with E-state index in [4.69, 9.17) is 9.73 Å². The molecule has 0 atom stereocenters. The Bertz CT molecular complexity index is 590. The molecule has 0 radical (unpaired) electrons. The quantitative estimate of drug-likeness (QED) is 0.217. The minimum Gasteiger partial charge on any atom is -0.381 e. The summed E-state index contributed by atoms with van der Waals surface area (Å²) in [6.07, 6.45) is 8.21. The van der Waals surface area contributed by atoms with Crippen molar-refractivity contribution in [2.75, 3.05) is 13.2 Å². The lowest BCUT2D eigenvalue weighted by Crippen LogP contribution is -2.49. The predicted molar refractivity (Wildman–Crippen MR) is 117 cm³/mol. The number of benzene rings is 1. The van der Waals surface area contributed by atoms with E-state index in [0.717, 1.165) is 37.6 Å². The number of halogens is 1. The zero-order valence-electron chi connectivity index (χ0n) is 15.6. The molecule has 0 bridgehead atoms. The van der Waals surface area contributed by atoms with E-state index in [-0.39, 0.29) is 34.6 Å². The second kappa shape index (κ2) is 11.4. The summed E-state index contributed by atoms with van der Waals surface area (Å²) in [5.74, 6) is 0.849. The van der Waals surface area contributed by atoms with Crippen LogP contribution < -0.4 is 10.6 Å². The van der Waals surface area contributed by atoms with Crippen molar-refractivity contribution in [2.45, 2.75) is 63.6 Å². The summed E-state index contributed by atoms with van der Waals surface area (Å²) >= 11 is 0. The van der Waals surface area contributed by atoms with Gasteiger partial charge in [0, 0.05) is 37.4 Å². The Kier molecular flexibility index (Phi) is 9.26. The van der Waals surface area contributed by atoms with Crippen LogP contribution in [0.4, 0.5) is 5.69 Å². The van der Waals surface area contributed by atoms with E-state index in [1.165, 1.54) is 44.2 Å². The topological polar surface area (TPSA) is 88.8 Å². The van der Waals surface area contributed by atoms with E-state index >= 15 is 0 Å². The monoisotopic (exact) mass is 488 g/mol. The molecule has 1 saturated carbocycles. The van der Waals surface area contributed by atoms with Crippen LogP contribution >= 0.6 is 24.0 Å². The van der Waals surface area contributed by atoms with Gasteiger partial charge in [0.15, 0.2) is 5.96 Å². The summed E-state index contributed by atoms with van der Waals surface area (Å²) in [5, 5.41) is 17.9. The largest absolute Gasteiger partial charge is 0.381 e. The van der Waals surface area contributed by atoms with Crippen LogP contribution in [0.3, 0.4) is 0 Å². The molecule has 0 spiro atoms. The Labute approximate surface area is 177 Å². The zero-order chi connectivity index (χ0) is 18.2. The van der Waals surface area contributed by atoms with Gasteiger partial charge in [0.05, 0.1) is 11.5 Å². The third kappa shape index (κ3) is 7.25. The molecular formula is C19H29IN4O3. The van der Waals surface area contributed by atoms with Gasteiger partial charge in [-0.3, -0.25) is 10.1 Å². The molecule has 150 valence electrons. The van der Waals surface area contributed by atoms with Crippen molar-refractivity contribution >= 4 is 35.6 Å². The van der Waals surface area contributed by atoms with Crippen molar-refractivity contribution in [2.24, 2.45) is 4.99 Å². The Hall–Kier alpha value is -1.42. The van der Waals surface area contributed by atoms with Gasteiger partial charge in [0.1, 0.15) is 0 Å². The van der Waals surface area contributed by atoms with E-state index in [2.05, 4.69) is 10.6 Å². The van der Waals surface area contributed by atoms with Gasteiger partial charge in [0.25, 0.3) is 5.69 Å². The molecule has 2 N–H and O–H groups in total. The molecule has 1 saturated heterocycles. The molecule has 0 amide bonds. The lowest BCUT2D eigenvalue weighted by molar-refractivity contribution is -0.384. The molecule has 2 aliphatic rings. The third-order valence-corrected chi connectivity index (χ3v) is 5.08. The maximum atomic E-state index is 10.8. The van der Waals surface area contributed by atoms with E-state index < -0.39 is 0 Å². The number of hydrogen-bond acceptors (Lipinski definition) is 4. The number of nitrogens with zero attached hydrogens (tertiary/aromatic N) is 2. The smallest absolute Gasteiger partial charge is 0.269 e. The van der Waals surface area contributed by atoms with Crippen molar-refractivity contribution in [1.82, 2.24) is 10.6 Å². The fraction of sp³-hybridized carbons (Fsp3) is 0.632. The summed E-state index contributed by atoms with van der Waals surface area (Å²) in [4.78, 5) is 15.1. The van der Waals surface area contributed by atoms with Crippen LogP contribution in [0.15, 0.2) is 29.3 Å². The van der Waals surface area contributed by atoms with Crippen molar-refractivity contribution in [3.63, 3.8) is 0 Å². The van der Waals surface area contributed by atoms with Crippen molar-refractivity contribution in [3.05, 3.63) is 39.9 Å². The van der Waals surface area contributed by atoms with E-state index in [1.807, 2.05) is 0 Å². The Morgan fingerprint density at radius 2 is 1.63 bits per heavy atom. The summed E-state index contributed by atoms with van der Waals surface area (Å²) in [6, 6.07) is 7.47. The number of nitro groups is 1. The molecule has 1 heterocycles. The minimum absolute atomic E-state index is 0. The highest BCUT2D eigenvalue weighted by molar-refractivity contribution is 14.0. The summed E-state index contributed by atoms with van der Waals surface area (Å²) in [6.45, 7) is 2.08. The fourth-order valence-corrected chi connectivity index (χ4v) is 3.50. The average molecular weight is 488 g/mol. The molecular weight excluding hydrogens is 459 g/mol. The number of aliphatic imine (C=N–C) groups is 1. The number of hydrogen-bond donors (Lipinski definition) is 2. The highest BCUT2D eigenvalue weighted by Gasteiger charge is 2.19. The zero-order valence-corrected chi connectivity index (χ0v) is 17.9. The van der Waals surface area contributed by atoms with Gasteiger partial charge in [-0.1, -0.05) is 31.4 Å². The number of rotatable bonds is 5. The first-order chi connectivity index (χ1) is 12.7.